The van der Waals surface area contributed by atoms with Gasteiger partial charge in [-0.2, -0.15) is 5.26 Å². The first-order valence-electron chi connectivity index (χ1n) is 7.74. The number of aryl methyl sites for hydroxylation is 1. The van der Waals surface area contributed by atoms with E-state index in [0.717, 1.165) is 35.4 Å². The molecule has 6 nitrogen and oxygen atoms in total. The second-order valence-electron chi connectivity index (χ2n) is 5.77. The van der Waals surface area contributed by atoms with E-state index in [1.807, 2.05) is 18.2 Å². The Morgan fingerprint density at radius 2 is 1.87 bits per heavy atom. The van der Waals surface area contributed by atoms with Crippen LogP contribution < -0.4 is 16.4 Å². The molecule has 6 heteroatoms. The van der Waals surface area contributed by atoms with Gasteiger partial charge < -0.3 is 20.9 Å². The first-order valence-corrected chi connectivity index (χ1v) is 7.74. The third kappa shape index (κ3) is 3.46. The summed E-state index contributed by atoms with van der Waals surface area (Å²) in [5.41, 5.74) is 11.6. The Labute approximate surface area is 136 Å². The first kappa shape index (κ1) is 16.8. The van der Waals surface area contributed by atoms with Gasteiger partial charge in [0.1, 0.15) is 17.5 Å². The van der Waals surface area contributed by atoms with Crippen LogP contribution in [0.4, 0.5) is 5.82 Å². The van der Waals surface area contributed by atoms with E-state index in [-0.39, 0.29) is 0 Å². The number of carbonyl (C=O) groups excluding carboxylic acids is 1. The van der Waals surface area contributed by atoms with Gasteiger partial charge in [0, 0.05) is 25.5 Å². The second-order valence-corrected chi connectivity index (χ2v) is 5.77. The van der Waals surface area contributed by atoms with Crippen LogP contribution in [0.15, 0.2) is 24.3 Å². The lowest BCUT2D eigenvalue weighted by Gasteiger charge is -2.18. The molecule has 0 aliphatic carbocycles. The summed E-state index contributed by atoms with van der Waals surface area (Å²) in [6, 6.07) is 10.0. The maximum Gasteiger partial charge on any atom is 0.234 e. The molecule has 122 valence electrons. The first-order chi connectivity index (χ1) is 11.0. The number of amides is 1. The third-order valence-electron chi connectivity index (χ3n) is 4.04. The molecule has 1 fully saturated rings. The highest BCUT2D eigenvalue weighted by Crippen LogP contribution is 2.32. The third-order valence-corrected chi connectivity index (χ3v) is 4.04. The topological polar surface area (TPSA) is 101 Å². The van der Waals surface area contributed by atoms with Crippen LogP contribution in [-0.4, -0.2) is 29.6 Å². The zero-order chi connectivity index (χ0) is 17.0. The van der Waals surface area contributed by atoms with E-state index in [0.29, 0.717) is 0 Å². The van der Waals surface area contributed by atoms with Gasteiger partial charge >= 0.3 is 0 Å². The molecular weight excluding hydrogens is 290 g/mol. The number of rotatable bonds is 2. The smallest absolute Gasteiger partial charge is 0.234 e. The van der Waals surface area contributed by atoms with Crippen molar-refractivity contribution >= 4 is 22.6 Å². The van der Waals surface area contributed by atoms with E-state index in [1.165, 1.54) is 12.8 Å². The number of hydrogen-bond donors (Lipinski definition) is 2. The summed E-state index contributed by atoms with van der Waals surface area (Å²) >= 11 is 0. The van der Waals surface area contributed by atoms with E-state index in [9.17, 15) is 10.1 Å². The molecule has 1 aromatic carbocycles. The fraction of sp³-hybridized carbons (Fsp3) is 0.412. The van der Waals surface area contributed by atoms with Crippen LogP contribution in [0.3, 0.4) is 0 Å². The zero-order valence-corrected chi connectivity index (χ0v) is 13.6. The quantitative estimate of drug-likeness (QED) is 0.876. The number of anilines is 1. The molecule has 1 aliphatic heterocycles. The summed E-state index contributed by atoms with van der Waals surface area (Å²) in [7, 11) is 2.05. The van der Waals surface area contributed by atoms with E-state index in [1.54, 1.807) is 6.92 Å². The minimum atomic E-state index is -0.509. The Bertz CT molecular complexity index is 735. The molecule has 2 aromatic rings. The summed E-state index contributed by atoms with van der Waals surface area (Å²) in [6.07, 6.45) is 2.46. The number of aromatic nitrogens is 1. The standard InChI is InChI=1S/C14H15N3.C3H8N2O/c1-16-13-7-3-2-6-11(13)12(10-15)14(16)17-8-4-5-9-17;1-2(4)3(5)6/h2-3,6-7H,4-5,8-9H2,1H3;2H,4H2,1H3,(H2,5,6). The van der Waals surface area contributed by atoms with Crippen LogP contribution >= 0.6 is 0 Å². The van der Waals surface area contributed by atoms with E-state index in [2.05, 4.69) is 34.4 Å². The zero-order valence-electron chi connectivity index (χ0n) is 13.6. The molecule has 1 aromatic heterocycles. The Balaban J connectivity index is 0.000000277. The maximum atomic E-state index is 9.80. The van der Waals surface area contributed by atoms with Crippen molar-refractivity contribution in [2.75, 3.05) is 18.0 Å². The number of hydrogen-bond acceptors (Lipinski definition) is 4. The number of primary amides is 1. The highest BCUT2D eigenvalue weighted by atomic mass is 16.1. The van der Waals surface area contributed by atoms with Crippen molar-refractivity contribution in [1.29, 1.82) is 5.26 Å². The molecule has 1 atom stereocenters. The number of nitriles is 1. The minimum absolute atomic E-state index is 0.463. The summed E-state index contributed by atoms with van der Waals surface area (Å²) < 4.78 is 2.15. The van der Waals surface area contributed by atoms with Crippen molar-refractivity contribution in [2.45, 2.75) is 25.8 Å². The molecule has 1 aliphatic rings. The molecule has 0 saturated carbocycles. The SMILES string of the molecule is CC(N)C(N)=O.Cn1c(N2CCCC2)c(C#N)c2ccccc21. The van der Waals surface area contributed by atoms with Crippen molar-refractivity contribution in [2.24, 2.45) is 18.5 Å². The van der Waals surface area contributed by atoms with Gasteiger partial charge in [-0.25, -0.2) is 0 Å². The molecule has 1 saturated heterocycles. The van der Waals surface area contributed by atoms with Gasteiger partial charge in [-0.3, -0.25) is 4.79 Å². The maximum absolute atomic E-state index is 9.80. The number of benzene rings is 1. The number of fused-ring (bicyclic) bond motifs is 1. The van der Waals surface area contributed by atoms with Crippen LogP contribution in [0.25, 0.3) is 10.9 Å². The van der Waals surface area contributed by atoms with Gasteiger partial charge in [0.15, 0.2) is 0 Å². The molecule has 0 spiro atoms. The normalized spacial score (nSPS) is 15.0. The van der Waals surface area contributed by atoms with Crippen LogP contribution in [0.2, 0.25) is 0 Å². The van der Waals surface area contributed by atoms with Crippen molar-refractivity contribution in [3.63, 3.8) is 0 Å². The Kier molecular flexibility index (Phi) is 5.24. The van der Waals surface area contributed by atoms with Crippen molar-refractivity contribution < 1.29 is 4.79 Å². The van der Waals surface area contributed by atoms with Crippen molar-refractivity contribution in [3.05, 3.63) is 29.8 Å². The second kappa shape index (κ2) is 7.16. The largest absolute Gasteiger partial charge is 0.368 e. The molecule has 4 N–H and O–H groups in total. The highest BCUT2D eigenvalue weighted by Gasteiger charge is 2.22. The monoisotopic (exact) mass is 313 g/mol. The number of nitrogens with two attached hydrogens (primary N) is 2. The van der Waals surface area contributed by atoms with Crippen LogP contribution in [0.1, 0.15) is 25.3 Å². The number of nitrogens with zero attached hydrogens (tertiary/aromatic N) is 3. The average Bonchev–Trinajstić information content (AvgIpc) is 3.14. The van der Waals surface area contributed by atoms with Gasteiger partial charge in [0.05, 0.1) is 11.6 Å². The van der Waals surface area contributed by atoms with Gasteiger partial charge in [-0.05, 0) is 25.8 Å². The van der Waals surface area contributed by atoms with Gasteiger partial charge in [-0.1, -0.05) is 18.2 Å². The van der Waals surface area contributed by atoms with Gasteiger partial charge in [0.25, 0.3) is 0 Å². The summed E-state index contributed by atoms with van der Waals surface area (Å²) in [5.74, 6) is 0.626. The predicted molar refractivity (Wildman–Crippen MR) is 91.9 cm³/mol. The van der Waals surface area contributed by atoms with E-state index >= 15 is 0 Å². The molecule has 2 heterocycles. The average molecular weight is 313 g/mol. The fourth-order valence-corrected chi connectivity index (χ4v) is 2.79. The molecular formula is C17H23N5O. The Morgan fingerprint density at radius 1 is 1.30 bits per heavy atom. The lowest BCUT2D eigenvalue weighted by molar-refractivity contribution is -0.118. The fourth-order valence-electron chi connectivity index (χ4n) is 2.79. The van der Waals surface area contributed by atoms with Crippen LogP contribution in [-0.2, 0) is 11.8 Å². The molecule has 23 heavy (non-hydrogen) atoms. The van der Waals surface area contributed by atoms with Crippen LogP contribution in [0, 0.1) is 11.3 Å². The summed E-state index contributed by atoms with van der Waals surface area (Å²) in [5, 5.41) is 10.5. The predicted octanol–water partition coefficient (Wildman–Crippen LogP) is 1.47. The molecule has 1 unspecified atom stereocenters. The highest BCUT2D eigenvalue weighted by molar-refractivity contribution is 5.92. The van der Waals surface area contributed by atoms with Crippen LogP contribution in [0.5, 0.6) is 0 Å². The Hall–Kier alpha value is -2.52. The molecule has 1 amide bonds. The molecule has 0 radical (unpaired) electrons. The summed E-state index contributed by atoms with van der Waals surface area (Å²) in [6.45, 7) is 3.68. The lowest BCUT2D eigenvalue weighted by atomic mass is 10.2. The summed E-state index contributed by atoms with van der Waals surface area (Å²) in [4.78, 5) is 12.1. The van der Waals surface area contributed by atoms with E-state index < -0.39 is 11.9 Å². The Morgan fingerprint density at radius 3 is 2.39 bits per heavy atom. The van der Waals surface area contributed by atoms with Gasteiger partial charge in [-0.15, -0.1) is 0 Å². The number of carbonyl (C=O) groups is 1. The minimum Gasteiger partial charge on any atom is -0.368 e. The number of para-hydroxylation sites is 1. The molecule has 0 bridgehead atoms. The van der Waals surface area contributed by atoms with Crippen molar-refractivity contribution in [3.8, 4) is 6.07 Å². The molecule has 3 rings (SSSR count). The van der Waals surface area contributed by atoms with Crippen molar-refractivity contribution in [1.82, 2.24) is 4.57 Å². The lowest BCUT2D eigenvalue weighted by Crippen LogP contribution is -2.32. The van der Waals surface area contributed by atoms with E-state index in [4.69, 9.17) is 5.73 Å². The van der Waals surface area contributed by atoms with Gasteiger partial charge in [0.2, 0.25) is 5.91 Å².